The number of rotatable bonds is 4. The molecule has 1 aromatic carbocycles. The number of hydrogen-bond acceptors (Lipinski definition) is 6. The average molecular weight is 369 g/mol. The van der Waals surface area contributed by atoms with Crippen molar-refractivity contribution in [3.63, 3.8) is 0 Å². The Kier molecular flexibility index (Phi) is 4.70. The number of esters is 1. The highest BCUT2D eigenvalue weighted by Gasteiger charge is 2.26. The number of carbonyl (C=O) groups excluding carboxylic acids is 1. The molecule has 1 atom stereocenters. The van der Waals surface area contributed by atoms with E-state index in [4.69, 9.17) is 9.15 Å². The molecule has 0 saturated carbocycles. The molecule has 140 valence electrons. The Bertz CT molecular complexity index is 1130. The smallest absolute Gasteiger partial charge is 0.339 e. The Hall–Kier alpha value is -3.22. The van der Waals surface area contributed by atoms with E-state index >= 15 is 0 Å². The molecule has 7 nitrogen and oxygen atoms in total. The summed E-state index contributed by atoms with van der Waals surface area (Å²) >= 11 is 0. The van der Waals surface area contributed by atoms with Gasteiger partial charge in [-0.3, -0.25) is 9.59 Å². The van der Waals surface area contributed by atoms with Crippen molar-refractivity contribution in [2.75, 3.05) is 7.11 Å². The minimum atomic E-state index is -1.16. The van der Waals surface area contributed by atoms with Gasteiger partial charge in [-0.1, -0.05) is 19.9 Å². The van der Waals surface area contributed by atoms with E-state index in [2.05, 4.69) is 4.98 Å². The maximum atomic E-state index is 13.0. The van der Waals surface area contributed by atoms with Gasteiger partial charge in [0.15, 0.2) is 0 Å². The lowest BCUT2D eigenvalue weighted by Gasteiger charge is -2.12. The molecule has 7 heteroatoms. The van der Waals surface area contributed by atoms with Gasteiger partial charge in [0.1, 0.15) is 5.58 Å². The second kappa shape index (κ2) is 6.83. The van der Waals surface area contributed by atoms with Crippen LogP contribution in [0.5, 0.6) is 0 Å². The minimum Gasteiger partial charge on any atom is -0.481 e. The quantitative estimate of drug-likeness (QED) is 0.554. The summed E-state index contributed by atoms with van der Waals surface area (Å²) in [5.41, 5.74) is 0.909. The van der Waals surface area contributed by atoms with Crippen LogP contribution in [0.25, 0.3) is 22.1 Å². The molecule has 3 aromatic rings. The number of carboxylic acids is 1. The summed E-state index contributed by atoms with van der Waals surface area (Å²) in [7, 11) is 1.18. The van der Waals surface area contributed by atoms with Crippen molar-refractivity contribution in [3.8, 4) is 0 Å². The molecule has 0 aliphatic heterocycles. The van der Waals surface area contributed by atoms with Crippen molar-refractivity contribution in [3.05, 3.63) is 51.3 Å². The van der Waals surface area contributed by atoms with E-state index in [0.29, 0.717) is 11.0 Å². The monoisotopic (exact) mass is 369 g/mol. The van der Waals surface area contributed by atoms with Gasteiger partial charge in [0.2, 0.25) is 11.1 Å². The van der Waals surface area contributed by atoms with Crippen molar-refractivity contribution in [2.24, 2.45) is 0 Å². The number of nitrogens with zero attached hydrogens (tertiary/aromatic N) is 1. The second-order valence-electron chi connectivity index (χ2n) is 6.67. The van der Waals surface area contributed by atoms with Crippen LogP contribution >= 0.6 is 0 Å². The van der Waals surface area contributed by atoms with E-state index in [1.54, 1.807) is 12.1 Å². The van der Waals surface area contributed by atoms with Gasteiger partial charge in [-0.2, -0.15) is 0 Å². The third kappa shape index (κ3) is 3.16. The van der Waals surface area contributed by atoms with E-state index < -0.39 is 17.9 Å². The Balaban J connectivity index is 2.39. The largest absolute Gasteiger partial charge is 0.481 e. The highest BCUT2D eigenvalue weighted by atomic mass is 16.5. The Labute approximate surface area is 154 Å². The predicted octanol–water partition coefficient (Wildman–Crippen LogP) is 3.44. The third-order valence-corrected chi connectivity index (χ3v) is 4.57. The fourth-order valence-electron chi connectivity index (χ4n) is 2.89. The molecule has 2 aromatic heterocycles. The van der Waals surface area contributed by atoms with Gasteiger partial charge < -0.3 is 14.3 Å². The fourth-order valence-corrected chi connectivity index (χ4v) is 2.89. The van der Waals surface area contributed by atoms with Gasteiger partial charge in [-0.05, 0) is 36.6 Å². The molecule has 0 amide bonds. The first-order valence-electron chi connectivity index (χ1n) is 8.47. The molecule has 27 heavy (non-hydrogen) atoms. The molecule has 0 spiro atoms. The number of ether oxygens (including phenoxy) is 1. The number of benzene rings is 1. The SMILES string of the molecule is COC(=O)c1cc2c(=O)c3cc(C(C)C)ccc3oc2nc1C(C)C(=O)O. The summed E-state index contributed by atoms with van der Waals surface area (Å²) in [6.07, 6.45) is 0. The van der Waals surface area contributed by atoms with Crippen molar-refractivity contribution >= 4 is 34.0 Å². The second-order valence-corrected chi connectivity index (χ2v) is 6.67. The number of aromatic nitrogens is 1. The van der Waals surface area contributed by atoms with Crippen LogP contribution in [-0.4, -0.2) is 29.1 Å². The lowest BCUT2D eigenvalue weighted by molar-refractivity contribution is -0.138. The van der Waals surface area contributed by atoms with Crippen LogP contribution < -0.4 is 5.43 Å². The zero-order chi connectivity index (χ0) is 19.9. The molecule has 0 aliphatic carbocycles. The average Bonchev–Trinajstić information content (AvgIpc) is 2.65. The van der Waals surface area contributed by atoms with E-state index in [0.717, 1.165) is 5.56 Å². The van der Waals surface area contributed by atoms with Gasteiger partial charge in [-0.25, -0.2) is 9.78 Å². The van der Waals surface area contributed by atoms with Crippen LogP contribution in [0.3, 0.4) is 0 Å². The van der Waals surface area contributed by atoms with Gasteiger partial charge in [0.05, 0.1) is 35.1 Å². The summed E-state index contributed by atoms with van der Waals surface area (Å²) in [4.78, 5) is 40.7. The van der Waals surface area contributed by atoms with Gasteiger partial charge in [-0.15, -0.1) is 0 Å². The maximum absolute atomic E-state index is 13.0. The van der Waals surface area contributed by atoms with E-state index in [1.165, 1.54) is 20.1 Å². The first-order chi connectivity index (χ1) is 12.7. The third-order valence-electron chi connectivity index (χ3n) is 4.57. The zero-order valence-electron chi connectivity index (χ0n) is 15.4. The number of methoxy groups -OCH3 is 1. The normalized spacial score (nSPS) is 12.5. The Morgan fingerprint density at radius 1 is 1.15 bits per heavy atom. The van der Waals surface area contributed by atoms with Crippen LogP contribution in [0.2, 0.25) is 0 Å². The fraction of sp³-hybridized carbons (Fsp3) is 0.300. The van der Waals surface area contributed by atoms with Crippen molar-refractivity contribution in [1.82, 2.24) is 4.98 Å². The Morgan fingerprint density at radius 2 is 1.85 bits per heavy atom. The predicted molar refractivity (Wildman–Crippen MR) is 99.3 cm³/mol. The summed E-state index contributed by atoms with van der Waals surface area (Å²) < 4.78 is 10.5. The highest BCUT2D eigenvalue weighted by Crippen LogP contribution is 2.26. The molecular formula is C20H19NO6. The van der Waals surface area contributed by atoms with Gasteiger partial charge in [0.25, 0.3) is 0 Å². The summed E-state index contributed by atoms with van der Waals surface area (Å²) in [6.45, 7) is 5.43. The number of fused-ring (bicyclic) bond motifs is 2. The Morgan fingerprint density at radius 3 is 2.44 bits per heavy atom. The highest BCUT2D eigenvalue weighted by molar-refractivity contribution is 5.98. The van der Waals surface area contributed by atoms with Gasteiger partial charge in [0, 0.05) is 0 Å². The van der Waals surface area contributed by atoms with E-state index in [1.807, 2.05) is 19.9 Å². The molecule has 1 N–H and O–H groups in total. The number of pyridine rings is 1. The zero-order valence-corrected chi connectivity index (χ0v) is 15.4. The number of carbonyl (C=O) groups is 2. The van der Waals surface area contributed by atoms with Crippen LogP contribution in [-0.2, 0) is 9.53 Å². The van der Waals surface area contributed by atoms with Crippen molar-refractivity contribution in [1.29, 1.82) is 0 Å². The van der Waals surface area contributed by atoms with Crippen LogP contribution in [0.15, 0.2) is 33.5 Å². The number of aliphatic carboxylic acids is 1. The molecule has 0 bridgehead atoms. The molecule has 3 rings (SSSR count). The first-order valence-corrected chi connectivity index (χ1v) is 8.47. The summed E-state index contributed by atoms with van der Waals surface area (Å²) in [6, 6.07) is 6.63. The molecule has 0 fully saturated rings. The molecule has 2 heterocycles. The molecular weight excluding hydrogens is 350 g/mol. The standard InChI is InChI=1S/C20H19NO6/c1-9(2)11-5-6-15-12(7-11)17(22)14-8-13(20(25)26-4)16(10(3)19(23)24)21-18(14)27-15/h5-10H,1-4H3,(H,23,24). The maximum Gasteiger partial charge on any atom is 0.339 e. The van der Waals surface area contributed by atoms with Crippen LogP contribution in [0, 0.1) is 0 Å². The molecule has 0 aliphatic rings. The first kappa shape index (κ1) is 18.6. The summed E-state index contributed by atoms with van der Waals surface area (Å²) in [5.74, 6) is -2.76. The van der Waals surface area contributed by atoms with E-state index in [9.17, 15) is 19.5 Å². The van der Waals surface area contributed by atoms with Crippen molar-refractivity contribution < 1.29 is 23.8 Å². The molecule has 0 radical (unpaired) electrons. The van der Waals surface area contributed by atoms with Crippen molar-refractivity contribution in [2.45, 2.75) is 32.6 Å². The lowest BCUT2D eigenvalue weighted by Crippen LogP contribution is -2.17. The van der Waals surface area contributed by atoms with Crippen LogP contribution in [0.4, 0.5) is 0 Å². The number of carboxylic acid groups (broad SMARTS) is 1. The van der Waals surface area contributed by atoms with Crippen LogP contribution in [0.1, 0.15) is 54.2 Å². The summed E-state index contributed by atoms with van der Waals surface area (Å²) in [5, 5.41) is 9.79. The number of hydrogen-bond donors (Lipinski definition) is 1. The lowest BCUT2D eigenvalue weighted by atomic mass is 9.99. The molecule has 0 saturated heterocycles. The van der Waals surface area contributed by atoms with Gasteiger partial charge >= 0.3 is 11.9 Å². The topological polar surface area (TPSA) is 107 Å². The molecule has 1 unspecified atom stereocenters. The van der Waals surface area contributed by atoms with E-state index in [-0.39, 0.29) is 33.7 Å². The minimum absolute atomic E-state index is 0.0110.